The molecule has 0 amide bonds. The highest BCUT2D eigenvalue weighted by atomic mass is 32.2. The number of fused-ring (bicyclic) bond motifs is 2. The van der Waals surface area contributed by atoms with E-state index in [0.29, 0.717) is 31.5 Å². The third kappa shape index (κ3) is 2.97. The Kier molecular flexibility index (Phi) is 4.20. The second kappa shape index (κ2) is 6.40. The molecule has 0 bridgehead atoms. The van der Waals surface area contributed by atoms with Crippen LogP contribution in [0.3, 0.4) is 0 Å². The second-order valence-corrected chi connectivity index (χ2v) is 7.46. The Hall–Kier alpha value is -2.39. The molecule has 0 radical (unpaired) electrons. The molecule has 0 aliphatic carbocycles. The molecule has 0 aromatic heterocycles. The topological polar surface area (TPSA) is 27.0 Å². The van der Waals surface area contributed by atoms with Crippen LogP contribution in [-0.2, 0) is 6.18 Å². The summed E-state index contributed by atoms with van der Waals surface area (Å²) in [6.45, 7) is 1.22. The SMILES string of the molecule is N#CN1CCC(=C2c3ccccc3Sc3ccc(C(F)(F)F)cc32)CC1. The van der Waals surface area contributed by atoms with E-state index >= 15 is 0 Å². The van der Waals surface area contributed by atoms with Crippen molar-refractivity contribution in [1.29, 1.82) is 5.26 Å². The minimum Gasteiger partial charge on any atom is -0.310 e. The summed E-state index contributed by atoms with van der Waals surface area (Å²) >= 11 is 1.51. The summed E-state index contributed by atoms with van der Waals surface area (Å²) in [6.07, 6.45) is -0.828. The van der Waals surface area contributed by atoms with E-state index in [1.165, 1.54) is 17.8 Å². The van der Waals surface area contributed by atoms with Crippen LogP contribution >= 0.6 is 11.8 Å². The number of hydrogen-bond acceptors (Lipinski definition) is 3. The lowest BCUT2D eigenvalue weighted by Crippen LogP contribution is -2.26. The van der Waals surface area contributed by atoms with Crippen LogP contribution in [0.5, 0.6) is 0 Å². The van der Waals surface area contributed by atoms with Crippen LogP contribution in [0.15, 0.2) is 57.8 Å². The summed E-state index contributed by atoms with van der Waals surface area (Å²) in [4.78, 5) is 3.60. The van der Waals surface area contributed by atoms with Gasteiger partial charge in [0.05, 0.1) is 5.56 Å². The number of likely N-dealkylation sites (tertiary alicyclic amines) is 1. The van der Waals surface area contributed by atoms with Gasteiger partial charge in [0.1, 0.15) is 0 Å². The number of rotatable bonds is 0. The zero-order chi connectivity index (χ0) is 18.3. The van der Waals surface area contributed by atoms with Gasteiger partial charge in [0.25, 0.3) is 0 Å². The first-order valence-electron chi connectivity index (χ1n) is 8.33. The first-order valence-corrected chi connectivity index (χ1v) is 9.14. The Morgan fingerprint density at radius 3 is 2.35 bits per heavy atom. The molecule has 2 aliphatic heterocycles. The van der Waals surface area contributed by atoms with Crippen molar-refractivity contribution in [1.82, 2.24) is 4.90 Å². The molecule has 2 aromatic carbocycles. The molecule has 0 atom stereocenters. The molecule has 0 N–H and O–H groups in total. The fraction of sp³-hybridized carbons (Fsp3) is 0.250. The van der Waals surface area contributed by atoms with Gasteiger partial charge in [0, 0.05) is 22.9 Å². The molecule has 0 saturated carbocycles. The molecule has 4 rings (SSSR count). The summed E-state index contributed by atoms with van der Waals surface area (Å²) in [5.74, 6) is 0. The van der Waals surface area contributed by atoms with Gasteiger partial charge < -0.3 is 4.90 Å². The Morgan fingerprint density at radius 2 is 1.65 bits per heavy atom. The second-order valence-electron chi connectivity index (χ2n) is 6.37. The van der Waals surface area contributed by atoms with Gasteiger partial charge in [-0.05, 0) is 53.8 Å². The Labute approximate surface area is 153 Å². The van der Waals surface area contributed by atoms with Crippen LogP contribution in [-0.4, -0.2) is 18.0 Å². The molecular weight excluding hydrogens is 357 g/mol. The van der Waals surface area contributed by atoms with E-state index in [0.717, 1.165) is 32.6 Å². The number of benzene rings is 2. The average molecular weight is 372 g/mol. The van der Waals surface area contributed by atoms with Crippen molar-refractivity contribution in [2.45, 2.75) is 28.8 Å². The van der Waals surface area contributed by atoms with Crippen molar-refractivity contribution in [2.24, 2.45) is 0 Å². The number of piperidine rings is 1. The Morgan fingerprint density at radius 1 is 0.962 bits per heavy atom. The number of nitrogens with zero attached hydrogens (tertiary/aromatic N) is 2. The van der Waals surface area contributed by atoms with Gasteiger partial charge in [-0.2, -0.15) is 18.4 Å². The zero-order valence-corrected chi connectivity index (χ0v) is 14.6. The molecule has 1 fully saturated rings. The average Bonchev–Trinajstić information content (AvgIpc) is 2.65. The summed E-state index contributed by atoms with van der Waals surface area (Å²) in [7, 11) is 0. The van der Waals surface area contributed by atoms with Crippen LogP contribution in [0.1, 0.15) is 29.5 Å². The van der Waals surface area contributed by atoms with Crippen LogP contribution in [0, 0.1) is 11.5 Å². The highest BCUT2D eigenvalue weighted by molar-refractivity contribution is 7.99. The maximum Gasteiger partial charge on any atom is 0.416 e. The largest absolute Gasteiger partial charge is 0.416 e. The molecule has 0 unspecified atom stereocenters. The molecule has 2 heterocycles. The minimum absolute atomic E-state index is 0.610. The lowest BCUT2D eigenvalue weighted by atomic mass is 9.87. The molecule has 1 saturated heterocycles. The lowest BCUT2D eigenvalue weighted by molar-refractivity contribution is -0.137. The summed E-state index contributed by atoms with van der Waals surface area (Å²) in [6, 6.07) is 11.8. The predicted molar refractivity (Wildman–Crippen MR) is 94.5 cm³/mol. The summed E-state index contributed by atoms with van der Waals surface area (Å²) in [5, 5.41) is 9.06. The number of alkyl halides is 3. The lowest BCUT2D eigenvalue weighted by Gasteiger charge is -2.30. The van der Waals surface area contributed by atoms with Crippen molar-refractivity contribution in [3.63, 3.8) is 0 Å². The van der Waals surface area contributed by atoms with E-state index in [4.69, 9.17) is 5.26 Å². The smallest absolute Gasteiger partial charge is 0.310 e. The van der Waals surface area contributed by atoms with E-state index in [9.17, 15) is 13.2 Å². The van der Waals surface area contributed by atoms with Crippen LogP contribution < -0.4 is 0 Å². The van der Waals surface area contributed by atoms with E-state index in [-0.39, 0.29) is 0 Å². The van der Waals surface area contributed by atoms with Crippen LogP contribution in [0.4, 0.5) is 13.2 Å². The number of hydrogen-bond donors (Lipinski definition) is 0. The normalized spacial score (nSPS) is 16.8. The fourth-order valence-corrected chi connectivity index (χ4v) is 4.59. The monoisotopic (exact) mass is 372 g/mol. The standard InChI is InChI=1S/C20H15F3N2S/c21-20(22,23)14-5-6-18-16(11-14)19(13-7-9-25(12-24)10-8-13)15-3-1-2-4-17(15)26-18/h1-6,11H,7-10H2. The predicted octanol–water partition coefficient (Wildman–Crippen LogP) is 5.55. The van der Waals surface area contributed by atoms with Gasteiger partial charge in [0.15, 0.2) is 6.19 Å². The zero-order valence-electron chi connectivity index (χ0n) is 13.8. The van der Waals surface area contributed by atoms with Crippen molar-refractivity contribution in [2.75, 3.05) is 13.1 Å². The third-order valence-electron chi connectivity index (χ3n) is 4.81. The minimum atomic E-state index is -4.36. The first-order chi connectivity index (χ1) is 12.5. The molecule has 0 spiro atoms. The molecule has 6 heteroatoms. The van der Waals surface area contributed by atoms with E-state index < -0.39 is 11.7 Å². The van der Waals surface area contributed by atoms with Gasteiger partial charge in [-0.1, -0.05) is 35.5 Å². The highest BCUT2D eigenvalue weighted by Gasteiger charge is 2.33. The van der Waals surface area contributed by atoms with Crippen LogP contribution in [0.2, 0.25) is 0 Å². The Balaban J connectivity index is 1.89. The van der Waals surface area contributed by atoms with E-state index in [1.807, 2.05) is 24.3 Å². The maximum atomic E-state index is 13.3. The third-order valence-corrected chi connectivity index (χ3v) is 5.97. The molecule has 2 nitrogen and oxygen atoms in total. The van der Waals surface area contributed by atoms with Gasteiger partial charge >= 0.3 is 6.18 Å². The number of halogens is 3. The van der Waals surface area contributed by atoms with E-state index in [2.05, 4.69) is 6.19 Å². The molecule has 132 valence electrons. The molecular formula is C20H15F3N2S. The van der Waals surface area contributed by atoms with Gasteiger partial charge in [-0.3, -0.25) is 0 Å². The van der Waals surface area contributed by atoms with Gasteiger partial charge in [0.2, 0.25) is 0 Å². The maximum absolute atomic E-state index is 13.3. The highest BCUT2D eigenvalue weighted by Crippen LogP contribution is 2.49. The molecule has 2 aromatic rings. The summed E-state index contributed by atoms with van der Waals surface area (Å²) < 4.78 is 39.8. The van der Waals surface area contributed by atoms with Crippen molar-refractivity contribution >= 4 is 17.3 Å². The van der Waals surface area contributed by atoms with Gasteiger partial charge in [-0.15, -0.1) is 0 Å². The van der Waals surface area contributed by atoms with Crippen molar-refractivity contribution < 1.29 is 13.2 Å². The summed E-state index contributed by atoms with van der Waals surface area (Å²) in [5.41, 5.74) is 3.07. The number of nitriles is 1. The molecule has 2 aliphatic rings. The van der Waals surface area contributed by atoms with Gasteiger partial charge in [-0.25, -0.2) is 0 Å². The quantitative estimate of drug-likeness (QED) is 0.484. The van der Waals surface area contributed by atoms with E-state index in [1.54, 1.807) is 11.0 Å². The molecule has 26 heavy (non-hydrogen) atoms. The van der Waals surface area contributed by atoms with Crippen molar-refractivity contribution in [3.8, 4) is 6.19 Å². The Bertz CT molecular complexity index is 931. The fourth-order valence-electron chi connectivity index (χ4n) is 3.52. The first kappa shape index (κ1) is 17.0. The van der Waals surface area contributed by atoms with Crippen molar-refractivity contribution in [3.05, 3.63) is 64.7 Å². The van der Waals surface area contributed by atoms with Crippen LogP contribution in [0.25, 0.3) is 5.57 Å².